The molecule has 3 aromatic rings. The van der Waals surface area contributed by atoms with Crippen LogP contribution in [0.3, 0.4) is 0 Å². The lowest BCUT2D eigenvalue weighted by Gasteiger charge is -2.40. The maximum absolute atomic E-state index is 13.2. The van der Waals surface area contributed by atoms with Crippen molar-refractivity contribution in [1.29, 1.82) is 0 Å². The lowest BCUT2D eigenvalue weighted by Crippen LogP contribution is -2.55. The van der Waals surface area contributed by atoms with E-state index in [2.05, 4.69) is 4.98 Å². The van der Waals surface area contributed by atoms with Gasteiger partial charge in [-0.1, -0.05) is 35.9 Å². The van der Waals surface area contributed by atoms with Gasteiger partial charge in [0.1, 0.15) is 36.3 Å². The van der Waals surface area contributed by atoms with Crippen LogP contribution in [0.15, 0.2) is 48.7 Å². The second kappa shape index (κ2) is 9.30. The minimum Gasteiger partial charge on any atom is -0.394 e. The van der Waals surface area contributed by atoms with Gasteiger partial charge < -0.3 is 25.2 Å². The number of thiazole rings is 1. The number of hydrogen-bond donors (Lipinski definition) is 4. The number of ether oxygens (including phenoxy) is 1. The van der Waals surface area contributed by atoms with E-state index in [4.69, 9.17) is 16.3 Å². The van der Waals surface area contributed by atoms with Gasteiger partial charge in [0.15, 0.2) is 0 Å². The van der Waals surface area contributed by atoms with Crippen LogP contribution in [-0.2, 0) is 11.2 Å². The SMILES string of the molecule is OCC1O[C@@H](c2ccc(Cl)c(Cc3ncc(-c4ccc(F)cc4)s3)c2)[C@H](O)[C@@H](O)C1O. The normalized spacial score (nSPS) is 26.2. The maximum atomic E-state index is 13.2. The van der Waals surface area contributed by atoms with Crippen LogP contribution < -0.4 is 0 Å². The Morgan fingerprint density at radius 3 is 2.48 bits per heavy atom. The standard InChI is InChI=1S/C22H21ClFNO5S/c23-15-6-3-12(22-21(29)20(28)19(27)16(10-26)30-22)7-13(15)8-18-25-9-17(31-18)11-1-4-14(24)5-2-11/h1-7,9,16,19-22,26-29H,8,10H2/t16?,19?,20-,21+,22-/m0/s1. The molecular weight excluding hydrogens is 445 g/mol. The van der Waals surface area contributed by atoms with Gasteiger partial charge in [0.25, 0.3) is 0 Å². The summed E-state index contributed by atoms with van der Waals surface area (Å²) in [6.07, 6.45) is -4.00. The van der Waals surface area contributed by atoms with Gasteiger partial charge in [-0.15, -0.1) is 11.3 Å². The molecule has 1 aliphatic heterocycles. The zero-order chi connectivity index (χ0) is 22.1. The number of nitrogens with zero attached hydrogens (tertiary/aromatic N) is 1. The van der Waals surface area contributed by atoms with Crippen molar-refractivity contribution in [3.05, 3.63) is 75.6 Å². The van der Waals surface area contributed by atoms with E-state index < -0.39 is 37.1 Å². The fourth-order valence-corrected chi connectivity index (χ4v) is 4.72. The molecule has 0 aliphatic carbocycles. The third kappa shape index (κ3) is 4.65. The number of benzene rings is 2. The number of hydrogen-bond acceptors (Lipinski definition) is 7. The van der Waals surface area contributed by atoms with Gasteiger partial charge in [-0.05, 0) is 34.9 Å². The first kappa shape index (κ1) is 22.3. The van der Waals surface area contributed by atoms with Gasteiger partial charge in [0, 0.05) is 17.6 Å². The zero-order valence-corrected chi connectivity index (χ0v) is 17.8. The first-order valence-electron chi connectivity index (χ1n) is 9.67. The summed E-state index contributed by atoms with van der Waals surface area (Å²) in [6.45, 7) is -0.493. The second-order valence-corrected chi connectivity index (χ2v) is 8.92. The highest BCUT2D eigenvalue weighted by Gasteiger charge is 2.44. The number of halogens is 2. The van der Waals surface area contributed by atoms with E-state index in [1.54, 1.807) is 36.5 Å². The Kier molecular flexibility index (Phi) is 6.68. The van der Waals surface area contributed by atoms with Crippen molar-refractivity contribution in [2.75, 3.05) is 6.61 Å². The van der Waals surface area contributed by atoms with Crippen molar-refractivity contribution < 1.29 is 29.6 Å². The van der Waals surface area contributed by atoms with Crippen LogP contribution >= 0.6 is 22.9 Å². The van der Waals surface area contributed by atoms with Gasteiger partial charge in [0.2, 0.25) is 0 Å². The molecule has 2 heterocycles. The summed E-state index contributed by atoms with van der Waals surface area (Å²) in [7, 11) is 0. The molecule has 0 saturated carbocycles. The number of aliphatic hydroxyl groups is 4. The van der Waals surface area contributed by atoms with Crippen LogP contribution in [0, 0.1) is 5.82 Å². The Morgan fingerprint density at radius 1 is 1.03 bits per heavy atom. The summed E-state index contributed by atoms with van der Waals surface area (Å²) in [5.74, 6) is -0.301. The van der Waals surface area contributed by atoms with E-state index in [0.29, 0.717) is 17.0 Å². The van der Waals surface area contributed by atoms with Crippen molar-refractivity contribution in [3.8, 4) is 10.4 Å². The van der Waals surface area contributed by atoms with Crippen molar-refractivity contribution in [2.24, 2.45) is 0 Å². The van der Waals surface area contributed by atoms with Crippen LogP contribution in [0.2, 0.25) is 5.02 Å². The molecule has 0 spiro atoms. The Bertz CT molecular complexity index is 1040. The molecule has 1 aliphatic rings. The highest BCUT2D eigenvalue weighted by Crippen LogP contribution is 2.35. The predicted molar refractivity (Wildman–Crippen MR) is 114 cm³/mol. The molecule has 1 fully saturated rings. The zero-order valence-electron chi connectivity index (χ0n) is 16.2. The Morgan fingerprint density at radius 2 is 1.77 bits per heavy atom. The molecular formula is C22H21ClFNO5S. The summed E-state index contributed by atoms with van der Waals surface area (Å²) >= 11 is 7.84. The molecule has 4 rings (SSSR count). The molecule has 9 heteroatoms. The maximum Gasteiger partial charge on any atom is 0.123 e. The first-order chi connectivity index (χ1) is 14.9. The first-order valence-corrected chi connectivity index (χ1v) is 10.9. The fourth-order valence-electron chi connectivity index (χ4n) is 3.59. The molecule has 0 radical (unpaired) electrons. The van der Waals surface area contributed by atoms with E-state index in [9.17, 15) is 24.8 Å². The van der Waals surface area contributed by atoms with Crippen LogP contribution in [0.1, 0.15) is 22.2 Å². The quantitative estimate of drug-likeness (QED) is 0.462. The van der Waals surface area contributed by atoms with E-state index in [1.807, 2.05) is 0 Å². The number of aromatic nitrogens is 1. The van der Waals surface area contributed by atoms with Crippen molar-refractivity contribution >= 4 is 22.9 Å². The monoisotopic (exact) mass is 465 g/mol. The van der Waals surface area contributed by atoms with E-state index in [-0.39, 0.29) is 5.82 Å². The topological polar surface area (TPSA) is 103 Å². The lowest BCUT2D eigenvalue weighted by atomic mass is 9.90. The van der Waals surface area contributed by atoms with Crippen LogP contribution in [-0.4, -0.2) is 56.4 Å². The molecule has 1 aromatic heterocycles. The molecule has 164 valence electrons. The van der Waals surface area contributed by atoms with Gasteiger partial charge in [-0.25, -0.2) is 9.37 Å². The Labute approximate surface area is 187 Å². The minimum absolute atomic E-state index is 0.301. The molecule has 2 unspecified atom stereocenters. The molecule has 0 bridgehead atoms. The molecule has 31 heavy (non-hydrogen) atoms. The number of rotatable bonds is 5. The van der Waals surface area contributed by atoms with Gasteiger partial charge >= 0.3 is 0 Å². The minimum atomic E-state index is -1.45. The highest BCUT2D eigenvalue weighted by molar-refractivity contribution is 7.15. The Balaban J connectivity index is 1.57. The van der Waals surface area contributed by atoms with Gasteiger partial charge in [-0.3, -0.25) is 0 Å². The molecule has 1 saturated heterocycles. The average molecular weight is 466 g/mol. The second-order valence-electron chi connectivity index (χ2n) is 7.40. The summed E-state index contributed by atoms with van der Waals surface area (Å²) in [5, 5.41) is 41.2. The van der Waals surface area contributed by atoms with Crippen LogP contribution in [0.4, 0.5) is 4.39 Å². The molecule has 2 aromatic carbocycles. The Hall–Kier alpha value is -1.91. The highest BCUT2D eigenvalue weighted by atomic mass is 35.5. The molecule has 6 nitrogen and oxygen atoms in total. The summed E-state index contributed by atoms with van der Waals surface area (Å²) in [4.78, 5) is 5.33. The van der Waals surface area contributed by atoms with Crippen LogP contribution in [0.25, 0.3) is 10.4 Å². The average Bonchev–Trinajstić information content (AvgIpc) is 3.23. The van der Waals surface area contributed by atoms with Crippen molar-refractivity contribution in [3.63, 3.8) is 0 Å². The lowest BCUT2D eigenvalue weighted by molar-refractivity contribution is -0.231. The van der Waals surface area contributed by atoms with E-state index in [1.165, 1.54) is 23.5 Å². The summed E-state index contributed by atoms with van der Waals surface area (Å²) < 4.78 is 18.8. The largest absolute Gasteiger partial charge is 0.394 e. The molecule has 0 amide bonds. The summed E-state index contributed by atoms with van der Waals surface area (Å²) in [6, 6.07) is 11.3. The third-order valence-electron chi connectivity index (χ3n) is 5.31. The fraction of sp³-hybridized carbons (Fsp3) is 0.318. The molecule has 4 N–H and O–H groups in total. The van der Waals surface area contributed by atoms with Gasteiger partial charge in [-0.2, -0.15) is 0 Å². The summed E-state index contributed by atoms with van der Waals surface area (Å²) in [5.41, 5.74) is 2.18. The third-order valence-corrected chi connectivity index (χ3v) is 6.73. The predicted octanol–water partition coefficient (Wildman–Crippen LogP) is 2.71. The number of aliphatic hydroxyl groups excluding tert-OH is 4. The van der Waals surface area contributed by atoms with Crippen LogP contribution in [0.5, 0.6) is 0 Å². The molecule has 5 atom stereocenters. The van der Waals surface area contributed by atoms with E-state index in [0.717, 1.165) is 21.0 Å². The van der Waals surface area contributed by atoms with Crippen molar-refractivity contribution in [2.45, 2.75) is 36.9 Å². The van der Waals surface area contributed by atoms with Crippen molar-refractivity contribution in [1.82, 2.24) is 4.98 Å². The smallest absolute Gasteiger partial charge is 0.123 e. The van der Waals surface area contributed by atoms with E-state index >= 15 is 0 Å². The van der Waals surface area contributed by atoms with Gasteiger partial charge in [0.05, 0.1) is 16.5 Å².